The Kier molecular flexibility index (Phi) is 2.29. The van der Waals surface area contributed by atoms with Gasteiger partial charge in [0.1, 0.15) is 5.75 Å². The SMILES string of the molecule is CN(C)Oc1ccccc1. The molecule has 0 amide bonds. The molecule has 0 fully saturated rings. The molecule has 0 aliphatic heterocycles. The van der Waals surface area contributed by atoms with Crippen LogP contribution in [0.1, 0.15) is 0 Å². The summed E-state index contributed by atoms with van der Waals surface area (Å²) in [7, 11) is 3.71. The van der Waals surface area contributed by atoms with Crippen LogP contribution in [-0.2, 0) is 0 Å². The van der Waals surface area contributed by atoms with E-state index in [0.29, 0.717) is 0 Å². The number of para-hydroxylation sites is 1. The zero-order chi connectivity index (χ0) is 7.40. The van der Waals surface area contributed by atoms with Gasteiger partial charge < -0.3 is 4.84 Å². The first-order valence-corrected chi connectivity index (χ1v) is 3.19. The topological polar surface area (TPSA) is 12.5 Å². The summed E-state index contributed by atoms with van der Waals surface area (Å²) in [5.74, 6) is 0.868. The summed E-state index contributed by atoms with van der Waals surface area (Å²) in [6, 6.07) is 9.68. The number of nitrogens with zero attached hydrogens (tertiary/aromatic N) is 1. The lowest BCUT2D eigenvalue weighted by Crippen LogP contribution is -2.15. The highest BCUT2D eigenvalue weighted by Gasteiger charge is 1.90. The van der Waals surface area contributed by atoms with E-state index >= 15 is 0 Å². The van der Waals surface area contributed by atoms with Crippen LogP contribution < -0.4 is 4.84 Å². The van der Waals surface area contributed by atoms with Crippen molar-refractivity contribution in [3.63, 3.8) is 0 Å². The first kappa shape index (κ1) is 7.09. The molecule has 0 aliphatic carbocycles. The van der Waals surface area contributed by atoms with E-state index in [1.807, 2.05) is 44.4 Å². The summed E-state index contributed by atoms with van der Waals surface area (Å²) >= 11 is 0. The van der Waals surface area contributed by atoms with Crippen LogP contribution in [0.5, 0.6) is 5.75 Å². The largest absolute Gasteiger partial charge is 0.407 e. The van der Waals surface area contributed by atoms with Gasteiger partial charge in [0, 0.05) is 14.1 Å². The Labute approximate surface area is 61.0 Å². The van der Waals surface area contributed by atoms with Gasteiger partial charge in [-0.05, 0) is 12.1 Å². The minimum Gasteiger partial charge on any atom is -0.407 e. The molecule has 0 spiro atoms. The Morgan fingerprint density at radius 2 is 1.70 bits per heavy atom. The maximum Gasteiger partial charge on any atom is 0.147 e. The molecular weight excluding hydrogens is 126 g/mol. The van der Waals surface area contributed by atoms with E-state index < -0.39 is 0 Å². The lowest BCUT2D eigenvalue weighted by molar-refractivity contribution is -0.00325. The van der Waals surface area contributed by atoms with Crippen molar-refractivity contribution in [2.75, 3.05) is 14.1 Å². The maximum atomic E-state index is 5.25. The third-order valence-corrected chi connectivity index (χ3v) is 1.03. The average Bonchev–Trinajstić information content (AvgIpc) is 1.88. The molecule has 2 heteroatoms. The van der Waals surface area contributed by atoms with Gasteiger partial charge in [0.25, 0.3) is 0 Å². The van der Waals surface area contributed by atoms with Crippen molar-refractivity contribution in [2.24, 2.45) is 0 Å². The summed E-state index contributed by atoms with van der Waals surface area (Å²) in [6.07, 6.45) is 0. The second-order valence-corrected chi connectivity index (χ2v) is 2.22. The minimum atomic E-state index is 0.868. The highest BCUT2D eigenvalue weighted by Crippen LogP contribution is 2.07. The van der Waals surface area contributed by atoms with E-state index in [9.17, 15) is 0 Å². The van der Waals surface area contributed by atoms with E-state index in [2.05, 4.69) is 0 Å². The smallest absolute Gasteiger partial charge is 0.147 e. The summed E-state index contributed by atoms with van der Waals surface area (Å²) in [6.45, 7) is 0. The fourth-order valence-corrected chi connectivity index (χ4v) is 0.692. The van der Waals surface area contributed by atoms with Crippen molar-refractivity contribution in [1.29, 1.82) is 0 Å². The van der Waals surface area contributed by atoms with E-state index in [0.717, 1.165) is 5.75 Å². The van der Waals surface area contributed by atoms with Crippen LogP contribution in [0.25, 0.3) is 0 Å². The number of benzene rings is 1. The molecule has 1 aromatic rings. The van der Waals surface area contributed by atoms with Crippen LogP contribution in [0.2, 0.25) is 0 Å². The summed E-state index contributed by atoms with van der Waals surface area (Å²) < 4.78 is 0. The van der Waals surface area contributed by atoms with Gasteiger partial charge in [-0.3, -0.25) is 0 Å². The predicted octanol–water partition coefficient (Wildman–Crippen LogP) is 1.54. The summed E-state index contributed by atoms with van der Waals surface area (Å²) in [5, 5.41) is 1.66. The average molecular weight is 137 g/mol. The van der Waals surface area contributed by atoms with Crippen molar-refractivity contribution in [3.8, 4) is 5.75 Å². The van der Waals surface area contributed by atoms with Gasteiger partial charge in [-0.15, -0.1) is 0 Å². The fraction of sp³-hybridized carbons (Fsp3) is 0.250. The molecule has 2 nitrogen and oxygen atoms in total. The minimum absolute atomic E-state index is 0.868. The Balaban J connectivity index is 2.59. The molecule has 0 unspecified atom stereocenters. The fourth-order valence-electron chi connectivity index (χ4n) is 0.692. The Morgan fingerprint density at radius 3 is 2.20 bits per heavy atom. The monoisotopic (exact) mass is 137 g/mol. The van der Waals surface area contributed by atoms with Crippen molar-refractivity contribution in [1.82, 2.24) is 5.06 Å². The van der Waals surface area contributed by atoms with Gasteiger partial charge in [-0.25, -0.2) is 0 Å². The molecule has 0 atom stereocenters. The Morgan fingerprint density at radius 1 is 1.10 bits per heavy atom. The predicted molar refractivity (Wildman–Crippen MR) is 40.8 cm³/mol. The number of rotatable bonds is 2. The highest BCUT2D eigenvalue weighted by atomic mass is 16.7. The quantitative estimate of drug-likeness (QED) is 0.573. The van der Waals surface area contributed by atoms with E-state index in [4.69, 9.17) is 4.84 Å². The summed E-state index contributed by atoms with van der Waals surface area (Å²) in [5.41, 5.74) is 0. The Hall–Kier alpha value is -1.02. The van der Waals surface area contributed by atoms with Crippen LogP contribution in [0, 0.1) is 0 Å². The molecule has 0 heterocycles. The van der Waals surface area contributed by atoms with Crippen molar-refractivity contribution < 1.29 is 4.84 Å². The second-order valence-electron chi connectivity index (χ2n) is 2.22. The summed E-state index contributed by atoms with van der Waals surface area (Å²) in [4.78, 5) is 5.25. The molecule has 54 valence electrons. The first-order valence-electron chi connectivity index (χ1n) is 3.19. The third-order valence-electron chi connectivity index (χ3n) is 1.03. The lowest BCUT2D eigenvalue weighted by Gasteiger charge is -2.10. The first-order chi connectivity index (χ1) is 4.79. The lowest BCUT2D eigenvalue weighted by atomic mass is 10.3. The van der Waals surface area contributed by atoms with E-state index in [-0.39, 0.29) is 0 Å². The zero-order valence-electron chi connectivity index (χ0n) is 6.24. The van der Waals surface area contributed by atoms with Crippen LogP contribution in [0.15, 0.2) is 30.3 Å². The number of hydroxylamine groups is 2. The van der Waals surface area contributed by atoms with Crippen molar-refractivity contribution in [3.05, 3.63) is 30.3 Å². The standard InChI is InChI=1S/C8H11NO/c1-9(2)10-8-6-4-3-5-7-8/h3-7H,1-2H3. The van der Waals surface area contributed by atoms with Gasteiger partial charge >= 0.3 is 0 Å². The van der Waals surface area contributed by atoms with Gasteiger partial charge in [-0.2, -0.15) is 5.06 Å². The van der Waals surface area contributed by atoms with E-state index in [1.165, 1.54) is 0 Å². The molecule has 0 aromatic heterocycles. The van der Waals surface area contributed by atoms with Crippen LogP contribution >= 0.6 is 0 Å². The zero-order valence-corrected chi connectivity index (χ0v) is 6.24. The van der Waals surface area contributed by atoms with E-state index in [1.54, 1.807) is 5.06 Å². The molecule has 0 aliphatic rings. The van der Waals surface area contributed by atoms with Crippen molar-refractivity contribution in [2.45, 2.75) is 0 Å². The molecule has 0 N–H and O–H groups in total. The molecule has 0 bridgehead atoms. The van der Waals surface area contributed by atoms with Gasteiger partial charge in [0.15, 0.2) is 0 Å². The van der Waals surface area contributed by atoms with Crippen LogP contribution in [0.4, 0.5) is 0 Å². The number of hydrogen-bond acceptors (Lipinski definition) is 2. The van der Waals surface area contributed by atoms with Gasteiger partial charge in [-0.1, -0.05) is 18.2 Å². The van der Waals surface area contributed by atoms with Crippen LogP contribution in [-0.4, -0.2) is 19.2 Å². The Bertz CT molecular complexity index is 184. The molecule has 0 saturated carbocycles. The van der Waals surface area contributed by atoms with Gasteiger partial charge in [0.2, 0.25) is 0 Å². The second kappa shape index (κ2) is 3.22. The van der Waals surface area contributed by atoms with Gasteiger partial charge in [0.05, 0.1) is 0 Å². The molecule has 1 aromatic carbocycles. The third kappa shape index (κ3) is 2.07. The molecule has 10 heavy (non-hydrogen) atoms. The molecular formula is C8H11NO. The highest BCUT2D eigenvalue weighted by molar-refractivity contribution is 5.20. The number of hydrogen-bond donors (Lipinski definition) is 0. The molecule has 0 saturated heterocycles. The molecule has 1 rings (SSSR count). The maximum absolute atomic E-state index is 5.25. The van der Waals surface area contributed by atoms with Crippen LogP contribution in [0.3, 0.4) is 0 Å². The van der Waals surface area contributed by atoms with Crippen molar-refractivity contribution >= 4 is 0 Å². The normalized spacial score (nSPS) is 9.90. The molecule has 0 radical (unpaired) electrons.